The predicted molar refractivity (Wildman–Crippen MR) is 131 cm³/mol. The minimum Gasteiger partial charge on any atom is -0.311 e. The smallest absolute Gasteiger partial charge is 0.231 e. The number of fused-ring (bicyclic) bond motifs is 1. The minimum absolute atomic E-state index is 0.00108. The first-order chi connectivity index (χ1) is 16.0. The van der Waals surface area contributed by atoms with Crippen molar-refractivity contribution in [1.29, 1.82) is 0 Å². The van der Waals surface area contributed by atoms with E-state index in [-0.39, 0.29) is 24.2 Å². The number of hydrogen-bond acceptors (Lipinski definition) is 5. The van der Waals surface area contributed by atoms with E-state index in [9.17, 15) is 9.59 Å². The van der Waals surface area contributed by atoms with Crippen molar-refractivity contribution in [3.8, 4) is 0 Å². The highest BCUT2D eigenvalue weighted by molar-refractivity contribution is 7.15. The van der Waals surface area contributed by atoms with Crippen LogP contribution in [0.25, 0.3) is 0 Å². The van der Waals surface area contributed by atoms with Gasteiger partial charge in [0.25, 0.3) is 0 Å². The van der Waals surface area contributed by atoms with Crippen molar-refractivity contribution in [2.75, 3.05) is 23.3 Å². The number of aromatic nitrogens is 1. The summed E-state index contributed by atoms with van der Waals surface area (Å²) in [5.41, 5.74) is 5.51. The number of benzene rings is 2. The molecule has 0 radical (unpaired) electrons. The molecule has 5 rings (SSSR count). The van der Waals surface area contributed by atoms with Gasteiger partial charge in [-0.05, 0) is 36.6 Å². The van der Waals surface area contributed by atoms with Crippen LogP contribution >= 0.6 is 11.3 Å². The number of hydrogen-bond donors (Lipinski definition) is 1. The van der Waals surface area contributed by atoms with E-state index in [2.05, 4.69) is 39.5 Å². The number of carbonyl (C=O) groups excluding carboxylic acids is 2. The van der Waals surface area contributed by atoms with E-state index < -0.39 is 0 Å². The fraction of sp³-hybridized carbons (Fsp3) is 0.346. The van der Waals surface area contributed by atoms with Crippen molar-refractivity contribution >= 4 is 34.0 Å². The zero-order chi connectivity index (χ0) is 22.9. The van der Waals surface area contributed by atoms with Crippen LogP contribution in [0, 0.1) is 19.8 Å². The first kappa shape index (κ1) is 21.8. The molecule has 2 amide bonds. The second-order valence-electron chi connectivity index (χ2n) is 8.95. The van der Waals surface area contributed by atoms with Gasteiger partial charge in [-0.2, -0.15) is 0 Å². The molecule has 1 saturated heterocycles. The summed E-state index contributed by atoms with van der Waals surface area (Å²) in [6, 6.07) is 16.4. The zero-order valence-corrected chi connectivity index (χ0v) is 19.8. The van der Waals surface area contributed by atoms with Gasteiger partial charge in [-0.3, -0.25) is 14.5 Å². The Kier molecular flexibility index (Phi) is 6.00. The molecule has 1 atom stereocenters. The van der Waals surface area contributed by atoms with Crippen LogP contribution in [0.15, 0.2) is 48.5 Å². The van der Waals surface area contributed by atoms with Crippen molar-refractivity contribution in [2.24, 2.45) is 5.92 Å². The Morgan fingerprint density at radius 3 is 2.79 bits per heavy atom. The molecule has 3 aromatic rings. The molecule has 2 aromatic carbocycles. The van der Waals surface area contributed by atoms with Gasteiger partial charge in [-0.1, -0.05) is 42.5 Å². The van der Waals surface area contributed by atoms with Crippen LogP contribution in [0.4, 0.5) is 10.8 Å². The molecule has 0 saturated carbocycles. The summed E-state index contributed by atoms with van der Waals surface area (Å²) < 4.78 is 0. The lowest BCUT2D eigenvalue weighted by Gasteiger charge is -2.25. The van der Waals surface area contributed by atoms with Gasteiger partial charge in [0.15, 0.2) is 5.13 Å². The Morgan fingerprint density at radius 1 is 1.15 bits per heavy atom. The highest BCUT2D eigenvalue weighted by Gasteiger charge is 2.36. The standard InChI is InChI=1S/C26H28N4O2S/c1-17-7-6-10-22(18(17)2)30-15-20(13-24(30)31)25(32)28-26-27-21-11-12-29(16-23(21)33-26)14-19-8-4-3-5-9-19/h3-10,20H,11-16H2,1-2H3,(H,27,28,32). The summed E-state index contributed by atoms with van der Waals surface area (Å²) in [7, 11) is 0. The molecule has 6 nitrogen and oxygen atoms in total. The topological polar surface area (TPSA) is 65.5 Å². The third-order valence-electron chi connectivity index (χ3n) is 6.65. The van der Waals surface area contributed by atoms with Gasteiger partial charge < -0.3 is 10.2 Å². The van der Waals surface area contributed by atoms with Gasteiger partial charge in [-0.15, -0.1) is 11.3 Å². The third kappa shape index (κ3) is 4.56. The Bertz CT molecular complexity index is 1190. The molecule has 33 heavy (non-hydrogen) atoms. The molecule has 0 bridgehead atoms. The van der Waals surface area contributed by atoms with Crippen molar-refractivity contribution in [3.05, 3.63) is 75.8 Å². The highest BCUT2D eigenvalue weighted by Crippen LogP contribution is 2.32. The molecule has 1 fully saturated rings. The van der Waals surface area contributed by atoms with E-state index in [1.54, 1.807) is 16.2 Å². The van der Waals surface area contributed by atoms with Crippen LogP contribution in [0.1, 0.15) is 33.7 Å². The largest absolute Gasteiger partial charge is 0.311 e. The summed E-state index contributed by atoms with van der Waals surface area (Å²) in [5, 5.41) is 3.64. The van der Waals surface area contributed by atoms with E-state index >= 15 is 0 Å². The number of rotatable bonds is 5. The fourth-order valence-electron chi connectivity index (χ4n) is 4.63. The molecule has 3 heterocycles. The quantitative estimate of drug-likeness (QED) is 0.616. The minimum atomic E-state index is -0.368. The van der Waals surface area contributed by atoms with Crippen molar-refractivity contribution in [3.63, 3.8) is 0 Å². The number of carbonyl (C=O) groups is 2. The Balaban J connectivity index is 1.22. The monoisotopic (exact) mass is 460 g/mol. The fourth-order valence-corrected chi connectivity index (χ4v) is 5.68. The summed E-state index contributed by atoms with van der Waals surface area (Å²) >= 11 is 1.56. The molecule has 1 unspecified atom stereocenters. The molecule has 0 spiro atoms. The van der Waals surface area contributed by atoms with Gasteiger partial charge in [0, 0.05) is 49.6 Å². The maximum absolute atomic E-state index is 13.0. The van der Waals surface area contributed by atoms with E-state index in [0.717, 1.165) is 48.6 Å². The Morgan fingerprint density at radius 2 is 1.97 bits per heavy atom. The van der Waals surface area contributed by atoms with Crippen LogP contribution in [-0.2, 0) is 29.1 Å². The summed E-state index contributed by atoms with van der Waals surface area (Å²) in [6.07, 6.45) is 1.12. The van der Waals surface area contributed by atoms with Crippen LogP contribution in [0.5, 0.6) is 0 Å². The Hall–Kier alpha value is -3.03. The molecular formula is C26H28N4O2S. The predicted octanol–water partition coefficient (Wildman–Crippen LogP) is 4.31. The van der Waals surface area contributed by atoms with Gasteiger partial charge in [0.2, 0.25) is 11.8 Å². The maximum atomic E-state index is 13.0. The SMILES string of the molecule is Cc1cccc(N2CC(C(=O)Nc3nc4c(s3)CN(Cc3ccccc3)CC4)CC2=O)c1C. The number of amides is 2. The summed E-state index contributed by atoms with van der Waals surface area (Å²) in [4.78, 5) is 35.7. The number of nitrogens with one attached hydrogen (secondary N) is 1. The van der Waals surface area contributed by atoms with Gasteiger partial charge in [0.1, 0.15) is 0 Å². The highest BCUT2D eigenvalue weighted by atomic mass is 32.1. The average Bonchev–Trinajstić information content (AvgIpc) is 3.39. The van der Waals surface area contributed by atoms with Crippen molar-refractivity contribution < 1.29 is 9.59 Å². The number of anilines is 2. The second-order valence-corrected chi connectivity index (χ2v) is 10.0. The van der Waals surface area contributed by atoms with Gasteiger partial charge in [0.05, 0.1) is 11.6 Å². The zero-order valence-electron chi connectivity index (χ0n) is 19.0. The number of aryl methyl sites for hydroxylation is 1. The van der Waals surface area contributed by atoms with Crippen molar-refractivity contribution in [1.82, 2.24) is 9.88 Å². The van der Waals surface area contributed by atoms with Crippen molar-refractivity contribution in [2.45, 2.75) is 39.8 Å². The van der Waals surface area contributed by atoms with E-state index in [1.165, 1.54) is 10.4 Å². The van der Waals surface area contributed by atoms with E-state index in [0.29, 0.717) is 11.7 Å². The van der Waals surface area contributed by atoms with Crippen LogP contribution in [0.3, 0.4) is 0 Å². The third-order valence-corrected chi connectivity index (χ3v) is 7.65. The number of thiazole rings is 1. The van der Waals surface area contributed by atoms with E-state index in [4.69, 9.17) is 0 Å². The van der Waals surface area contributed by atoms with Gasteiger partial charge in [-0.25, -0.2) is 4.98 Å². The summed E-state index contributed by atoms with van der Waals surface area (Å²) in [5.74, 6) is -0.491. The van der Waals surface area contributed by atoms with Crippen LogP contribution in [-0.4, -0.2) is 34.8 Å². The summed E-state index contributed by atoms with van der Waals surface area (Å²) in [6.45, 7) is 7.19. The van der Waals surface area contributed by atoms with Crippen LogP contribution in [0.2, 0.25) is 0 Å². The lowest BCUT2D eigenvalue weighted by Crippen LogP contribution is -2.29. The Labute approximate surface area is 198 Å². The number of nitrogens with zero attached hydrogens (tertiary/aromatic N) is 3. The molecule has 2 aliphatic heterocycles. The second kappa shape index (κ2) is 9.08. The lowest BCUT2D eigenvalue weighted by molar-refractivity contribution is -0.122. The molecule has 0 aliphatic carbocycles. The molecule has 7 heteroatoms. The molecular weight excluding hydrogens is 432 g/mol. The maximum Gasteiger partial charge on any atom is 0.231 e. The first-order valence-electron chi connectivity index (χ1n) is 11.4. The lowest BCUT2D eigenvalue weighted by atomic mass is 10.1. The van der Waals surface area contributed by atoms with E-state index in [1.807, 2.05) is 38.1 Å². The normalized spacial score (nSPS) is 18.4. The molecule has 1 aromatic heterocycles. The van der Waals surface area contributed by atoms with Gasteiger partial charge >= 0.3 is 0 Å². The average molecular weight is 461 g/mol. The molecule has 1 N–H and O–H groups in total. The molecule has 2 aliphatic rings. The van der Waals surface area contributed by atoms with Crippen LogP contribution < -0.4 is 10.2 Å². The first-order valence-corrected chi connectivity index (χ1v) is 12.2. The molecule has 170 valence electrons.